The van der Waals surface area contributed by atoms with E-state index in [9.17, 15) is 9.59 Å². The van der Waals surface area contributed by atoms with Gasteiger partial charge in [-0.2, -0.15) is 0 Å². The summed E-state index contributed by atoms with van der Waals surface area (Å²) in [5, 5.41) is 3.69. The van der Waals surface area contributed by atoms with E-state index >= 15 is 0 Å². The summed E-state index contributed by atoms with van der Waals surface area (Å²) in [6.45, 7) is 3.17. The maximum Gasteiger partial charge on any atom is 0.252 e. The third-order valence-electron chi connectivity index (χ3n) is 6.27. The van der Waals surface area contributed by atoms with Crippen molar-refractivity contribution in [2.75, 3.05) is 13.7 Å². The second kappa shape index (κ2) is 10.7. The number of hydrogen-bond donors (Lipinski definition) is 1. The fourth-order valence-electron chi connectivity index (χ4n) is 4.50. The molecule has 1 saturated heterocycles. The summed E-state index contributed by atoms with van der Waals surface area (Å²) in [6, 6.07) is 20.2. The molecule has 0 bridgehead atoms. The molecule has 1 aliphatic rings. The van der Waals surface area contributed by atoms with Gasteiger partial charge in [0, 0.05) is 29.2 Å². The van der Waals surface area contributed by atoms with Crippen LogP contribution in [-0.4, -0.2) is 36.4 Å². The van der Waals surface area contributed by atoms with Crippen LogP contribution in [0, 0.1) is 6.92 Å². The van der Waals surface area contributed by atoms with Crippen molar-refractivity contribution in [3.8, 4) is 16.9 Å². The van der Waals surface area contributed by atoms with Crippen LogP contribution < -0.4 is 10.1 Å². The molecule has 5 nitrogen and oxygen atoms in total. The topological polar surface area (TPSA) is 58.6 Å². The van der Waals surface area contributed by atoms with Gasteiger partial charge in [0.2, 0.25) is 5.91 Å². The van der Waals surface area contributed by atoms with Crippen molar-refractivity contribution in [1.82, 2.24) is 10.2 Å². The van der Waals surface area contributed by atoms with Crippen molar-refractivity contribution in [2.24, 2.45) is 0 Å². The Labute approximate surface area is 205 Å². The summed E-state index contributed by atoms with van der Waals surface area (Å²) < 4.78 is 5.58. The molecular weight excluding hydrogens is 448 g/mol. The molecule has 1 fully saturated rings. The van der Waals surface area contributed by atoms with E-state index in [0.717, 1.165) is 35.1 Å². The van der Waals surface area contributed by atoms with Crippen LogP contribution in [0.5, 0.6) is 5.75 Å². The Balaban J connectivity index is 1.57. The van der Waals surface area contributed by atoms with Gasteiger partial charge in [-0.05, 0) is 67.1 Å². The molecule has 176 valence electrons. The molecule has 34 heavy (non-hydrogen) atoms. The van der Waals surface area contributed by atoms with E-state index in [0.29, 0.717) is 35.8 Å². The van der Waals surface area contributed by atoms with Crippen LogP contribution in [0.2, 0.25) is 5.02 Å². The highest BCUT2D eigenvalue weighted by molar-refractivity contribution is 6.30. The molecule has 0 saturated carbocycles. The van der Waals surface area contributed by atoms with Crippen molar-refractivity contribution in [2.45, 2.75) is 38.8 Å². The Hall–Kier alpha value is -3.31. The first kappa shape index (κ1) is 23.8. The lowest BCUT2D eigenvalue weighted by Gasteiger charge is -2.25. The zero-order valence-corrected chi connectivity index (χ0v) is 20.3. The van der Waals surface area contributed by atoms with Gasteiger partial charge in [-0.3, -0.25) is 9.59 Å². The standard InChI is InChI=1S/C28H29ClN2O3/c1-19-8-7-12-25(34-2)26(19)22-9-3-4-10-23(22)27(32)30-24-11-5-6-17-31(28(24)33)18-20-13-15-21(29)16-14-20/h3-4,7-10,12-16,24H,5-6,11,17-18H2,1-2H3,(H,30,32). The molecule has 1 N–H and O–H groups in total. The summed E-state index contributed by atoms with van der Waals surface area (Å²) in [7, 11) is 1.63. The van der Waals surface area contributed by atoms with E-state index in [2.05, 4.69) is 5.32 Å². The van der Waals surface area contributed by atoms with E-state index in [1.165, 1.54) is 0 Å². The number of rotatable bonds is 6. The van der Waals surface area contributed by atoms with Gasteiger partial charge in [-0.1, -0.05) is 54.1 Å². The smallest absolute Gasteiger partial charge is 0.252 e. The van der Waals surface area contributed by atoms with E-state index < -0.39 is 6.04 Å². The Morgan fingerprint density at radius 2 is 1.82 bits per heavy atom. The minimum atomic E-state index is -0.561. The number of ether oxygens (including phenoxy) is 1. The number of carbonyl (C=O) groups is 2. The number of amides is 2. The van der Waals surface area contributed by atoms with Crippen molar-refractivity contribution in [3.63, 3.8) is 0 Å². The lowest BCUT2D eigenvalue weighted by Crippen LogP contribution is -2.47. The summed E-state index contributed by atoms with van der Waals surface area (Å²) >= 11 is 6.00. The van der Waals surface area contributed by atoms with Crippen molar-refractivity contribution >= 4 is 23.4 Å². The highest BCUT2D eigenvalue weighted by Crippen LogP contribution is 2.35. The van der Waals surface area contributed by atoms with E-state index in [4.69, 9.17) is 16.3 Å². The number of aryl methyl sites for hydroxylation is 1. The number of likely N-dealkylation sites (tertiary alicyclic amines) is 1. The molecule has 2 amide bonds. The number of benzene rings is 3. The predicted octanol–water partition coefficient (Wildman–Crippen LogP) is 5.64. The van der Waals surface area contributed by atoms with Gasteiger partial charge in [-0.15, -0.1) is 0 Å². The normalized spacial score (nSPS) is 16.1. The number of nitrogens with one attached hydrogen (secondary N) is 1. The molecular formula is C28H29ClN2O3. The lowest BCUT2D eigenvalue weighted by molar-refractivity contribution is -0.133. The molecule has 0 aromatic heterocycles. The maximum absolute atomic E-state index is 13.4. The Morgan fingerprint density at radius 3 is 2.59 bits per heavy atom. The average Bonchev–Trinajstić information content (AvgIpc) is 3.01. The minimum Gasteiger partial charge on any atom is -0.496 e. The SMILES string of the molecule is COc1cccc(C)c1-c1ccccc1C(=O)NC1CCCCN(Cc2ccc(Cl)cc2)C1=O. The van der Waals surface area contributed by atoms with Gasteiger partial charge >= 0.3 is 0 Å². The zero-order chi connectivity index (χ0) is 24.1. The molecule has 1 heterocycles. The van der Waals surface area contributed by atoms with Gasteiger partial charge in [0.1, 0.15) is 11.8 Å². The van der Waals surface area contributed by atoms with Crippen LogP contribution in [0.25, 0.3) is 11.1 Å². The molecule has 3 aromatic rings. The van der Waals surface area contributed by atoms with Crippen LogP contribution >= 0.6 is 11.6 Å². The number of hydrogen-bond acceptors (Lipinski definition) is 3. The fraction of sp³-hybridized carbons (Fsp3) is 0.286. The maximum atomic E-state index is 13.4. The molecule has 3 aromatic carbocycles. The van der Waals surface area contributed by atoms with E-state index in [1.54, 1.807) is 13.2 Å². The van der Waals surface area contributed by atoms with E-state index in [-0.39, 0.29) is 11.8 Å². The molecule has 1 unspecified atom stereocenters. The number of methoxy groups -OCH3 is 1. The molecule has 4 rings (SSSR count). The Morgan fingerprint density at radius 1 is 1.06 bits per heavy atom. The van der Waals surface area contributed by atoms with Crippen molar-refractivity contribution < 1.29 is 14.3 Å². The third-order valence-corrected chi connectivity index (χ3v) is 6.52. The number of nitrogens with zero attached hydrogens (tertiary/aromatic N) is 1. The monoisotopic (exact) mass is 476 g/mol. The van der Waals surface area contributed by atoms with Crippen LogP contribution in [-0.2, 0) is 11.3 Å². The molecule has 0 spiro atoms. The lowest BCUT2D eigenvalue weighted by atomic mass is 9.94. The predicted molar refractivity (Wildman–Crippen MR) is 135 cm³/mol. The van der Waals surface area contributed by atoms with Crippen LogP contribution in [0.3, 0.4) is 0 Å². The van der Waals surface area contributed by atoms with Crippen LogP contribution in [0.15, 0.2) is 66.7 Å². The number of carbonyl (C=O) groups excluding carboxylic acids is 2. The molecule has 1 atom stereocenters. The molecule has 0 aliphatic carbocycles. The van der Waals surface area contributed by atoms with Gasteiger partial charge in [0.15, 0.2) is 0 Å². The van der Waals surface area contributed by atoms with Crippen molar-refractivity contribution in [1.29, 1.82) is 0 Å². The Bertz CT molecular complexity index is 1180. The van der Waals surface area contributed by atoms with Gasteiger partial charge < -0.3 is 15.0 Å². The fourth-order valence-corrected chi connectivity index (χ4v) is 4.62. The van der Waals surface area contributed by atoms with Gasteiger partial charge in [0.25, 0.3) is 5.91 Å². The number of halogens is 1. The highest BCUT2D eigenvalue weighted by atomic mass is 35.5. The zero-order valence-electron chi connectivity index (χ0n) is 19.5. The molecule has 1 aliphatic heterocycles. The first-order chi connectivity index (χ1) is 16.5. The summed E-state index contributed by atoms with van der Waals surface area (Å²) in [5.74, 6) is 0.402. The molecule has 6 heteroatoms. The second-order valence-electron chi connectivity index (χ2n) is 8.61. The summed E-state index contributed by atoms with van der Waals surface area (Å²) in [6.07, 6.45) is 2.40. The average molecular weight is 477 g/mol. The summed E-state index contributed by atoms with van der Waals surface area (Å²) in [4.78, 5) is 28.6. The van der Waals surface area contributed by atoms with Gasteiger partial charge in [-0.25, -0.2) is 0 Å². The first-order valence-corrected chi connectivity index (χ1v) is 11.9. The van der Waals surface area contributed by atoms with E-state index in [1.807, 2.05) is 72.5 Å². The third kappa shape index (κ3) is 5.26. The van der Waals surface area contributed by atoms with Gasteiger partial charge in [0.05, 0.1) is 7.11 Å². The van der Waals surface area contributed by atoms with Crippen LogP contribution in [0.1, 0.15) is 40.7 Å². The minimum absolute atomic E-state index is 0.0493. The highest BCUT2D eigenvalue weighted by Gasteiger charge is 2.29. The quantitative estimate of drug-likeness (QED) is 0.501. The largest absolute Gasteiger partial charge is 0.496 e. The first-order valence-electron chi connectivity index (χ1n) is 11.5. The van der Waals surface area contributed by atoms with Crippen molar-refractivity contribution in [3.05, 3.63) is 88.4 Å². The summed E-state index contributed by atoms with van der Waals surface area (Å²) in [5.41, 5.74) is 4.22. The molecule has 0 radical (unpaired) electrons. The Kier molecular flexibility index (Phi) is 7.53. The van der Waals surface area contributed by atoms with Crippen LogP contribution in [0.4, 0.5) is 0 Å². The second-order valence-corrected chi connectivity index (χ2v) is 9.04.